The molecule has 2 rings (SSSR count). The molecule has 0 saturated carbocycles. The predicted octanol–water partition coefficient (Wildman–Crippen LogP) is 1.87. The number of nitrogens with zero attached hydrogens (tertiary/aromatic N) is 2. The number of anilines is 2. The van der Waals surface area contributed by atoms with Gasteiger partial charge in [0.15, 0.2) is 0 Å². The lowest BCUT2D eigenvalue weighted by Crippen LogP contribution is -2.02. The first-order chi connectivity index (χ1) is 7.72. The van der Waals surface area contributed by atoms with Crippen molar-refractivity contribution in [3.05, 3.63) is 36.0 Å². The molecular weight excluding hydrogens is 200 g/mol. The van der Waals surface area contributed by atoms with Crippen LogP contribution in [0.4, 0.5) is 11.8 Å². The van der Waals surface area contributed by atoms with Crippen LogP contribution in [0.15, 0.2) is 30.5 Å². The van der Waals surface area contributed by atoms with Gasteiger partial charge in [-0.05, 0) is 17.5 Å². The average molecular weight is 214 g/mol. The van der Waals surface area contributed by atoms with Crippen molar-refractivity contribution in [3.8, 4) is 11.1 Å². The molecule has 0 aliphatic rings. The summed E-state index contributed by atoms with van der Waals surface area (Å²) in [5, 5.41) is 0. The molecule has 4 N–H and O–H groups in total. The second-order valence-electron chi connectivity index (χ2n) is 3.54. The Hall–Kier alpha value is -2.10. The van der Waals surface area contributed by atoms with Crippen LogP contribution in [0.1, 0.15) is 12.5 Å². The molecule has 2 aromatic rings. The average Bonchev–Trinajstić information content (AvgIpc) is 2.29. The van der Waals surface area contributed by atoms with Gasteiger partial charge in [0.25, 0.3) is 0 Å². The first-order valence-electron chi connectivity index (χ1n) is 5.18. The second-order valence-corrected chi connectivity index (χ2v) is 3.54. The number of rotatable bonds is 2. The number of aromatic nitrogens is 2. The first-order valence-corrected chi connectivity index (χ1v) is 5.18. The van der Waals surface area contributed by atoms with Gasteiger partial charge in [0, 0.05) is 11.8 Å². The zero-order valence-electron chi connectivity index (χ0n) is 9.14. The SMILES string of the molecule is CCc1ccccc1-c1cnc(N)nc1N. The quantitative estimate of drug-likeness (QED) is 0.800. The number of nitrogens with two attached hydrogens (primary N) is 2. The van der Waals surface area contributed by atoms with Gasteiger partial charge in [-0.25, -0.2) is 4.98 Å². The molecule has 0 spiro atoms. The zero-order chi connectivity index (χ0) is 11.5. The van der Waals surface area contributed by atoms with Gasteiger partial charge in [0.2, 0.25) is 5.95 Å². The standard InChI is InChI=1S/C12H14N4/c1-2-8-5-3-4-6-9(8)10-7-15-12(14)16-11(10)13/h3-7H,2H2,1H3,(H4,13,14,15,16). The maximum absolute atomic E-state index is 5.85. The van der Waals surface area contributed by atoms with Crippen LogP contribution in [0.2, 0.25) is 0 Å². The summed E-state index contributed by atoms with van der Waals surface area (Å²) in [5.41, 5.74) is 14.5. The highest BCUT2D eigenvalue weighted by Gasteiger charge is 2.08. The monoisotopic (exact) mass is 214 g/mol. The number of nitrogen functional groups attached to an aromatic ring is 2. The van der Waals surface area contributed by atoms with E-state index in [1.807, 2.05) is 18.2 Å². The highest BCUT2D eigenvalue weighted by Crippen LogP contribution is 2.27. The molecule has 82 valence electrons. The van der Waals surface area contributed by atoms with Crippen molar-refractivity contribution in [1.29, 1.82) is 0 Å². The van der Waals surface area contributed by atoms with Crippen molar-refractivity contribution in [1.82, 2.24) is 9.97 Å². The van der Waals surface area contributed by atoms with Crippen LogP contribution in [-0.2, 0) is 6.42 Å². The van der Waals surface area contributed by atoms with Crippen LogP contribution in [0.3, 0.4) is 0 Å². The van der Waals surface area contributed by atoms with Crippen molar-refractivity contribution in [2.75, 3.05) is 11.5 Å². The third-order valence-electron chi connectivity index (χ3n) is 2.53. The lowest BCUT2D eigenvalue weighted by molar-refractivity contribution is 1.13. The van der Waals surface area contributed by atoms with Gasteiger partial charge in [0.1, 0.15) is 5.82 Å². The Bertz CT molecular complexity index is 508. The molecule has 0 aliphatic carbocycles. The lowest BCUT2D eigenvalue weighted by atomic mass is 10.00. The summed E-state index contributed by atoms with van der Waals surface area (Å²) in [6, 6.07) is 8.08. The molecule has 1 aromatic carbocycles. The highest BCUT2D eigenvalue weighted by atomic mass is 15.0. The maximum Gasteiger partial charge on any atom is 0.221 e. The Morgan fingerprint density at radius 3 is 2.56 bits per heavy atom. The van der Waals surface area contributed by atoms with Crippen LogP contribution < -0.4 is 11.5 Å². The van der Waals surface area contributed by atoms with E-state index >= 15 is 0 Å². The largest absolute Gasteiger partial charge is 0.383 e. The molecular formula is C12H14N4. The Morgan fingerprint density at radius 2 is 1.88 bits per heavy atom. The Kier molecular flexibility index (Phi) is 2.72. The van der Waals surface area contributed by atoms with Gasteiger partial charge in [-0.3, -0.25) is 0 Å². The van der Waals surface area contributed by atoms with E-state index in [1.165, 1.54) is 5.56 Å². The van der Waals surface area contributed by atoms with Gasteiger partial charge < -0.3 is 11.5 Å². The van der Waals surface area contributed by atoms with Gasteiger partial charge >= 0.3 is 0 Å². The Balaban J connectivity index is 2.58. The summed E-state index contributed by atoms with van der Waals surface area (Å²) >= 11 is 0. The summed E-state index contributed by atoms with van der Waals surface area (Å²) in [6.45, 7) is 2.10. The van der Waals surface area contributed by atoms with Gasteiger partial charge in [-0.2, -0.15) is 4.98 Å². The number of aryl methyl sites for hydroxylation is 1. The van der Waals surface area contributed by atoms with E-state index in [0.717, 1.165) is 17.5 Å². The molecule has 0 radical (unpaired) electrons. The fourth-order valence-electron chi connectivity index (χ4n) is 1.71. The molecule has 0 atom stereocenters. The molecule has 16 heavy (non-hydrogen) atoms. The fraction of sp³-hybridized carbons (Fsp3) is 0.167. The van der Waals surface area contributed by atoms with E-state index in [0.29, 0.717) is 5.82 Å². The van der Waals surface area contributed by atoms with Crippen molar-refractivity contribution >= 4 is 11.8 Å². The smallest absolute Gasteiger partial charge is 0.221 e. The predicted molar refractivity (Wildman–Crippen MR) is 65.7 cm³/mol. The van der Waals surface area contributed by atoms with Crippen LogP contribution in [0.25, 0.3) is 11.1 Å². The molecule has 0 fully saturated rings. The van der Waals surface area contributed by atoms with Crippen molar-refractivity contribution in [2.24, 2.45) is 0 Å². The molecule has 4 nitrogen and oxygen atoms in total. The molecule has 4 heteroatoms. The molecule has 1 aromatic heterocycles. The van der Waals surface area contributed by atoms with Gasteiger partial charge in [-0.15, -0.1) is 0 Å². The van der Waals surface area contributed by atoms with E-state index in [9.17, 15) is 0 Å². The molecule has 1 heterocycles. The van der Waals surface area contributed by atoms with Crippen LogP contribution in [-0.4, -0.2) is 9.97 Å². The molecule has 0 bridgehead atoms. The van der Waals surface area contributed by atoms with Gasteiger partial charge in [-0.1, -0.05) is 31.2 Å². The lowest BCUT2D eigenvalue weighted by Gasteiger charge is -2.09. The third kappa shape index (κ3) is 1.82. The first kappa shape index (κ1) is 10.4. The number of hydrogen-bond acceptors (Lipinski definition) is 4. The molecule has 0 amide bonds. The Labute approximate surface area is 94.3 Å². The van der Waals surface area contributed by atoms with Crippen molar-refractivity contribution in [3.63, 3.8) is 0 Å². The molecule has 0 aliphatic heterocycles. The fourth-order valence-corrected chi connectivity index (χ4v) is 1.71. The van der Waals surface area contributed by atoms with Gasteiger partial charge in [0.05, 0.1) is 0 Å². The maximum atomic E-state index is 5.85. The van der Waals surface area contributed by atoms with E-state index in [4.69, 9.17) is 11.5 Å². The van der Waals surface area contributed by atoms with Crippen LogP contribution in [0, 0.1) is 0 Å². The zero-order valence-corrected chi connectivity index (χ0v) is 9.14. The van der Waals surface area contributed by atoms with E-state index in [1.54, 1.807) is 6.20 Å². The van der Waals surface area contributed by atoms with E-state index < -0.39 is 0 Å². The molecule has 0 unspecified atom stereocenters. The minimum Gasteiger partial charge on any atom is -0.383 e. The van der Waals surface area contributed by atoms with Crippen molar-refractivity contribution in [2.45, 2.75) is 13.3 Å². The minimum atomic E-state index is 0.204. The van der Waals surface area contributed by atoms with Crippen LogP contribution >= 0.6 is 0 Å². The topological polar surface area (TPSA) is 77.8 Å². The summed E-state index contributed by atoms with van der Waals surface area (Å²) in [4.78, 5) is 7.95. The summed E-state index contributed by atoms with van der Waals surface area (Å²) < 4.78 is 0. The summed E-state index contributed by atoms with van der Waals surface area (Å²) in [5.74, 6) is 0.628. The normalized spacial score (nSPS) is 10.3. The highest BCUT2D eigenvalue weighted by molar-refractivity contribution is 5.76. The number of hydrogen-bond donors (Lipinski definition) is 2. The third-order valence-corrected chi connectivity index (χ3v) is 2.53. The second kappa shape index (κ2) is 4.18. The van der Waals surface area contributed by atoms with E-state index in [2.05, 4.69) is 23.0 Å². The van der Waals surface area contributed by atoms with Crippen LogP contribution in [0.5, 0.6) is 0 Å². The molecule has 0 saturated heterocycles. The number of benzene rings is 1. The summed E-state index contributed by atoms with van der Waals surface area (Å²) in [7, 11) is 0. The van der Waals surface area contributed by atoms with E-state index in [-0.39, 0.29) is 5.95 Å². The summed E-state index contributed by atoms with van der Waals surface area (Å²) in [6.07, 6.45) is 2.62. The van der Waals surface area contributed by atoms with Crippen molar-refractivity contribution < 1.29 is 0 Å². The Morgan fingerprint density at radius 1 is 1.12 bits per heavy atom. The minimum absolute atomic E-state index is 0.204.